The second kappa shape index (κ2) is 10.4. The van der Waals surface area contributed by atoms with Gasteiger partial charge >= 0.3 is 16.0 Å². The standard InChI is InChI=1S/C24H31N5O6S/c1-15-5-4-6-20(11-15)36(33,34)29(3,27)22(24(31)32)13-18(30)12-19-14-21(28(2)35-19)16-7-9-17(10-8-16)23(25)26/h4-11,19,21-22H,12-14,27H2,1-3H3,(H3-,25,26,31,32)/p+1/t19-,21-,22-,29?/m0/s1. The van der Waals surface area contributed by atoms with Crippen LogP contribution in [0.2, 0.25) is 0 Å². The number of carboxylic acids is 1. The average Bonchev–Trinajstić information content (AvgIpc) is 3.16. The van der Waals surface area contributed by atoms with Crippen LogP contribution in [0.1, 0.15) is 42.0 Å². The van der Waals surface area contributed by atoms with E-state index in [1.165, 1.54) is 12.1 Å². The lowest BCUT2D eigenvalue weighted by molar-refractivity contribution is -0.815. The summed E-state index contributed by atoms with van der Waals surface area (Å²) < 4.78 is 25.0. The van der Waals surface area contributed by atoms with E-state index in [-0.39, 0.29) is 23.2 Å². The number of nitrogens with one attached hydrogen (secondary N) is 1. The molecular weight excluding hydrogens is 486 g/mol. The maximum absolute atomic E-state index is 13.2. The van der Waals surface area contributed by atoms with Crippen molar-refractivity contribution in [2.75, 3.05) is 14.1 Å². The molecule has 0 amide bonds. The van der Waals surface area contributed by atoms with Crippen LogP contribution in [0, 0.1) is 12.3 Å². The number of carbonyl (C=O) groups excluding carboxylic acids is 1. The minimum absolute atomic E-state index is 0.0382. The number of aliphatic carboxylic acids is 1. The SMILES string of the molecule is Cc1cccc(S(=O)(=O)[N+](C)(N)[C@@H](CC(=O)C[C@H]2C[C@@H](c3ccc(C(=N)N)cc3)N(C)O2)C(=O)O)c1. The number of sulfonamides is 1. The van der Waals surface area contributed by atoms with Crippen LogP contribution >= 0.6 is 0 Å². The number of amidine groups is 1. The molecule has 1 aliphatic heterocycles. The minimum Gasteiger partial charge on any atom is -0.477 e. The molecule has 2 aromatic rings. The van der Waals surface area contributed by atoms with E-state index in [1.807, 2.05) is 12.1 Å². The topological polar surface area (TPSA) is 177 Å². The zero-order chi connectivity index (χ0) is 26.8. The van der Waals surface area contributed by atoms with Gasteiger partial charge in [-0.15, -0.1) is 4.00 Å². The van der Waals surface area contributed by atoms with E-state index in [0.717, 1.165) is 12.6 Å². The molecular formula is C24H32N5O6S+. The first kappa shape index (κ1) is 27.4. The molecule has 0 bridgehead atoms. The van der Waals surface area contributed by atoms with Gasteiger partial charge < -0.3 is 10.8 Å². The smallest absolute Gasteiger partial charge is 0.366 e. The number of Topliss-reactive ketones (excluding diaryl/α,β-unsaturated/α-hetero) is 1. The molecule has 1 unspecified atom stereocenters. The minimum atomic E-state index is -4.32. The van der Waals surface area contributed by atoms with Crippen molar-refractivity contribution in [2.45, 2.75) is 49.3 Å². The molecule has 36 heavy (non-hydrogen) atoms. The number of likely N-dealkylation sites (N-methyl/N-ethyl adjacent to an activating group) is 1. The monoisotopic (exact) mass is 518 g/mol. The Kier molecular flexibility index (Phi) is 7.96. The molecule has 0 radical (unpaired) electrons. The molecule has 1 fully saturated rings. The molecule has 0 aromatic heterocycles. The van der Waals surface area contributed by atoms with Crippen molar-refractivity contribution in [3.63, 3.8) is 0 Å². The molecule has 194 valence electrons. The van der Waals surface area contributed by atoms with Crippen LogP contribution in [0.5, 0.6) is 0 Å². The lowest BCUT2D eigenvalue weighted by Crippen LogP contribution is -2.64. The van der Waals surface area contributed by atoms with Crippen molar-refractivity contribution < 1.29 is 31.9 Å². The highest BCUT2D eigenvalue weighted by molar-refractivity contribution is 7.86. The van der Waals surface area contributed by atoms with Gasteiger partial charge in [0.1, 0.15) is 23.6 Å². The van der Waals surface area contributed by atoms with E-state index < -0.39 is 44.3 Å². The predicted octanol–water partition coefficient (Wildman–Crippen LogP) is 1.47. The van der Waals surface area contributed by atoms with Crippen molar-refractivity contribution >= 4 is 27.6 Å². The van der Waals surface area contributed by atoms with Crippen LogP contribution < -0.4 is 11.6 Å². The summed E-state index contributed by atoms with van der Waals surface area (Å²) in [5.41, 5.74) is 7.68. The Morgan fingerprint density at radius 2 is 1.89 bits per heavy atom. The van der Waals surface area contributed by atoms with E-state index in [1.54, 1.807) is 43.3 Å². The molecule has 11 nitrogen and oxygen atoms in total. The third-order valence-electron chi connectivity index (χ3n) is 6.43. The number of hydrogen-bond donors (Lipinski definition) is 4. The largest absolute Gasteiger partial charge is 0.477 e. The van der Waals surface area contributed by atoms with E-state index in [2.05, 4.69) is 0 Å². The Hall–Kier alpha value is -3.16. The molecule has 6 N–H and O–H groups in total. The Morgan fingerprint density at radius 1 is 1.25 bits per heavy atom. The van der Waals surface area contributed by atoms with Gasteiger partial charge in [-0.25, -0.2) is 4.79 Å². The molecule has 0 saturated carbocycles. The number of ketones is 1. The Labute approximate surface area is 210 Å². The van der Waals surface area contributed by atoms with Gasteiger partial charge in [-0.3, -0.25) is 15.0 Å². The molecule has 1 heterocycles. The predicted molar refractivity (Wildman–Crippen MR) is 132 cm³/mol. The number of quaternary nitrogens is 1. The number of nitrogens with two attached hydrogens (primary N) is 2. The maximum Gasteiger partial charge on any atom is 0.366 e. The van der Waals surface area contributed by atoms with Crippen molar-refractivity contribution in [1.29, 1.82) is 5.41 Å². The molecule has 1 aliphatic rings. The van der Waals surface area contributed by atoms with Crippen LogP contribution in [-0.4, -0.2) is 66.4 Å². The fraction of sp³-hybridized carbons (Fsp3) is 0.375. The summed E-state index contributed by atoms with van der Waals surface area (Å²) in [6, 6.07) is 11.3. The second-order valence-electron chi connectivity index (χ2n) is 9.21. The quantitative estimate of drug-likeness (QED) is 0.119. The molecule has 0 spiro atoms. The number of nitrogen functional groups attached to an aromatic ring is 1. The van der Waals surface area contributed by atoms with Crippen LogP contribution in [-0.2, 0) is 24.4 Å². The zero-order valence-electron chi connectivity index (χ0n) is 20.4. The number of hydrogen-bond acceptors (Lipinski definition) is 8. The summed E-state index contributed by atoms with van der Waals surface area (Å²) in [6.07, 6.45) is -0.718. The van der Waals surface area contributed by atoms with Gasteiger partial charge in [0.25, 0.3) is 0 Å². The first-order valence-electron chi connectivity index (χ1n) is 11.3. The molecule has 4 atom stereocenters. The van der Waals surface area contributed by atoms with E-state index in [9.17, 15) is 23.1 Å². The summed E-state index contributed by atoms with van der Waals surface area (Å²) in [6.45, 7) is 1.71. The molecule has 12 heteroatoms. The Morgan fingerprint density at radius 3 is 2.44 bits per heavy atom. The van der Waals surface area contributed by atoms with Gasteiger partial charge in [-0.05, 0) is 36.6 Å². The number of carbonyl (C=O) groups is 2. The van der Waals surface area contributed by atoms with Crippen molar-refractivity contribution in [3.05, 3.63) is 65.2 Å². The average molecular weight is 519 g/mol. The lowest BCUT2D eigenvalue weighted by Gasteiger charge is -2.32. The van der Waals surface area contributed by atoms with Gasteiger partial charge in [-0.1, -0.05) is 36.4 Å². The third-order valence-corrected chi connectivity index (χ3v) is 8.57. The fourth-order valence-corrected chi connectivity index (χ4v) is 5.85. The Balaban J connectivity index is 1.71. The number of rotatable bonds is 10. The highest BCUT2D eigenvalue weighted by Crippen LogP contribution is 2.34. The van der Waals surface area contributed by atoms with Crippen LogP contribution in [0.25, 0.3) is 0 Å². The number of carboxylic acid groups (broad SMARTS) is 1. The lowest BCUT2D eigenvalue weighted by atomic mass is 9.97. The molecule has 3 rings (SSSR count). The highest BCUT2D eigenvalue weighted by Gasteiger charge is 2.49. The Bertz CT molecular complexity index is 1260. The maximum atomic E-state index is 13.2. The van der Waals surface area contributed by atoms with Crippen LogP contribution in [0.4, 0.5) is 0 Å². The summed E-state index contributed by atoms with van der Waals surface area (Å²) in [7, 11) is -1.52. The van der Waals surface area contributed by atoms with Gasteiger partial charge in [0.15, 0.2) is 0 Å². The molecule has 0 aliphatic carbocycles. The van der Waals surface area contributed by atoms with Gasteiger partial charge in [-0.2, -0.15) is 19.3 Å². The zero-order valence-corrected chi connectivity index (χ0v) is 21.2. The summed E-state index contributed by atoms with van der Waals surface area (Å²) in [5.74, 6) is 4.09. The summed E-state index contributed by atoms with van der Waals surface area (Å²) in [5, 5.41) is 18.9. The van der Waals surface area contributed by atoms with Crippen molar-refractivity contribution in [2.24, 2.45) is 11.6 Å². The van der Waals surface area contributed by atoms with E-state index in [0.29, 0.717) is 17.5 Å². The van der Waals surface area contributed by atoms with Gasteiger partial charge in [0.2, 0.25) is 6.04 Å². The number of hydroxylamine groups is 2. The van der Waals surface area contributed by atoms with E-state index in [4.69, 9.17) is 21.8 Å². The van der Waals surface area contributed by atoms with Crippen LogP contribution in [0.3, 0.4) is 0 Å². The van der Waals surface area contributed by atoms with Crippen molar-refractivity contribution in [3.8, 4) is 0 Å². The van der Waals surface area contributed by atoms with Gasteiger partial charge in [0, 0.05) is 19.0 Å². The normalized spacial score (nSPS) is 21.0. The summed E-state index contributed by atoms with van der Waals surface area (Å²) in [4.78, 5) is 30.6. The molecule has 1 saturated heterocycles. The first-order valence-corrected chi connectivity index (χ1v) is 12.7. The second-order valence-corrected chi connectivity index (χ2v) is 11.4. The summed E-state index contributed by atoms with van der Waals surface area (Å²) >= 11 is 0. The van der Waals surface area contributed by atoms with Crippen LogP contribution in [0.15, 0.2) is 53.4 Å². The highest BCUT2D eigenvalue weighted by atomic mass is 32.2. The fourth-order valence-electron chi connectivity index (χ4n) is 4.31. The number of aryl methyl sites for hydroxylation is 1. The van der Waals surface area contributed by atoms with E-state index >= 15 is 0 Å². The number of benzene rings is 2. The van der Waals surface area contributed by atoms with Crippen molar-refractivity contribution in [1.82, 2.24) is 5.06 Å². The van der Waals surface area contributed by atoms with Gasteiger partial charge in [0.05, 0.1) is 18.6 Å². The molecule has 2 aromatic carbocycles. The number of nitrogens with zero attached hydrogens (tertiary/aromatic N) is 2. The first-order chi connectivity index (χ1) is 16.7. The third kappa shape index (κ3) is 5.63.